The van der Waals surface area contributed by atoms with Crippen molar-refractivity contribution in [1.82, 2.24) is 14.9 Å². The number of benzene rings is 1. The Morgan fingerprint density at radius 2 is 2.16 bits per heavy atom. The van der Waals surface area contributed by atoms with E-state index in [0.29, 0.717) is 35.8 Å². The first-order valence-electron chi connectivity index (χ1n) is 10.2. The lowest BCUT2D eigenvalue weighted by Gasteiger charge is -2.40. The molecule has 0 saturated carbocycles. The van der Waals surface area contributed by atoms with E-state index in [1.807, 2.05) is 6.92 Å². The Kier molecular flexibility index (Phi) is 6.49. The molecule has 3 N–H and O–H groups in total. The quantitative estimate of drug-likeness (QED) is 0.538. The summed E-state index contributed by atoms with van der Waals surface area (Å²) in [6, 6.07) is 5.06. The monoisotopic (exact) mass is 463 g/mol. The second-order valence-electron chi connectivity index (χ2n) is 7.74. The van der Waals surface area contributed by atoms with Gasteiger partial charge in [0, 0.05) is 44.4 Å². The smallest absolute Gasteiger partial charge is 0.324 e. The van der Waals surface area contributed by atoms with Gasteiger partial charge in [-0.25, -0.2) is 23.5 Å². The van der Waals surface area contributed by atoms with Crippen LogP contribution in [0, 0.1) is 11.6 Å². The molecule has 1 saturated heterocycles. The maximum absolute atomic E-state index is 14.6. The van der Waals surface area contributed by atoms with E-state index in [2.05, 4.69) is 15.3 Å². The highest BCUT2D eigenvalue weighted by molar-refractivity contribution is 7.22. The molecule has 11 heteroatoms. The first kappa shape index (κ1) is 22.3. The van der Waals surface area contributed by atoms with Crippen LogP contribution >= 0.6 is 11.3 Å². The van der Waals surface area contributed by atoms with E-state index < -0.39 is 18.5 Å². The van der Waals surface area contributed by atoms with Crippen molar-refractivity contribution in [2.75, 3.05) is 36.5 Å². The maximum Gasteiger partial charge on any atom is 0.324 e. The minimum Gasteiger partial charge on any atom is -0.394 e. The van der Waals surface area contributed by atoms with Crippen LogP contribution in [0.5, 0.6) is 0 Å². The number of fused-ring (bicyclic) bond motifs is 1. The van der Waals surface area contributed by atoms with E-state index in [-0.39, 0.29) is 30.1 Å². The summed E-state index contributed by atoms with van der Waals surface area (Å²) < 4.78 is 28.7. The van der Waals surface area contributed by atoms with Crippen LogP contribution in [0.4, 0.5) is 24.5 Å². The summed E-state index contributed by atoms with van der Waals surface area (Å²) in [6.07, 6.45) is 0.638. The molecule has 3 heterocycles. The third kappa shape index (κ3) is 4.79. The summed E-state index contributed by atoms with van der Waals surface area (Å²) in [4.78, 5) is 24.6. The van der Waals surface area contributed by atoms with Crippen molar-refractivity contribution in [3.05, 3.63) is 47.7 Å². The highest BCUT2D eigenvalue weighted by atomic mass is 32.1. The van der Waals surface area contributed by atoms with Gasteiger partial charge in [0.2, 0.25) is 0 Å². The summed E-state index contributed by atoms with van der Waals surface area (Å²) in [6.45, 7) is 2.60. The van der Waals surface area contributed by atoms with Crippen molar-refractivity contribution in [1.29, 1.82) is 0 Å². The zero-order valence-corrected chi connectivity index (χ0v) is 18.1. The van der Waals surface area contributed by atoms with E-state index >= 15 is 0 Å². The van der Waals surface area contributed by atoms with Crippen molar-refractivity contribution in [3.63, 3.8) is 0 Å². The number of nitrogens with zero attached hydrogens (tertiary/aromatic N) is 4. The number of aliphatic hydroxyl groups excluding tert-OH is 2. The molecular weight excluding hydrogens is 440 g/mol. The maximum atomic E-state index is 14.6. The van der Waals surface area contributed by atoms with Crippen LogP contribution in [0.2, 0.25) is 0 Å². The average Bonchev–Trinajstić information content (AvgIpc) is 3.14. The molecule has 3 aromatic rings. The summed E-state index contributed by atoms with van der Waals surface area (Å²) in [5, 5.41) is 21.6. The molecule has 8 nitrogen and oxygen atoms in total. The predicted molar refractivity (Wildman–Crippen MR) is 118 cm³/mol. The van der Waals surface area contributed by atoms with Crippen LogP contribution in [0.3, 0.4) is 0 Å². The Hall–Kier alpha value is -2.89. The largest absolute Gasteiger partial charge is 0.394 e. The molecule has 2 unspecified atom stereocenters. The Morgan fingerprint density at radius 1 is 1.34 bits per heavy atom. The second-order valence-corrected chi connectivity index (χ2v) is 8.77. The first-order chi connectivity index (χ1) is 15.3. The molecule has 1 aromatic carbocycles. The molecule has 32 heavy (non-hydrogen) atoms. The van der Waals surface area contributed by atoms with E-state index in [1.165, 1.54) is 35.7 Å². The van der Waals surface area contributed by atoms with E-state index in [0.717, 1.165) is 4.70 Å². The van der Waals surface area contributed by atoms with Crippen LogP contribution in [-0.2, 0) is 6.42 Å². The van der Waals surface area contributed by atoms with Crippen LogP contribution < -0.4 is 10.2 Å². The number of amides is 2. The third-order valence-electron chi connectivity index (χ3n) is 5.31. The van der Waals surface area contributed by atoms with Crippen LogP contribution in [0.15, 0.2) is 30.5 Å². The van der Waals surface area contributed by atoms with Crippen LogP contribution in [-0.4, -0.2) is 69.5 Å². The van der Waals surface area contributed by atoms with Gasteiger partial charge in [0.1, 0.15) is 5.82 Å². The zero-order valence-electron chi connectivity index (χ0n) is 17.3. The molecule has 0 radical (unpaired) electrons. The van der Waals surface area contributed by atoms with Gasteiger partial charge >= 0.3 is 6.03 Å². The van der Waals surface area contributed by atoms with Crippen LogP contribution in [0.1, 0.15) is 12.5 Å². The number of piperazine rings is 1. The average molecular weight is 464 g/mol. The topological polar surface area (TPSA) is 102 Å². The normalized spacial score (nSPS) is 17.6. The van der Waals surface area contributed by atoms with Gasteiger partial charge in [-0.05, 0) is 30.7 Å². The molecule has 0 aliphatic carbocycles. The number of hydrogen-bond acceptors (Lipinski definition) is 7. The summed E-state index contributed by atoms with van der Waals surface area (Å²) in [5.74, 6) is -0.712. The van der Waals surface area contributed by atoms with Gasteiger partial charge in [-0.15, -0.1) is 0 Å². The molecule has 1 aliphatic rings. The van der Waals surface area contributed by atoms with Gasteiger partial charge in [-0.3, -0.25) is 5.32 Å². The van der Waals surface area contributed by atoms with Crippen molar-refractivity contribution < 1.29 is 23.8 Å². The number of anilines is 2. The van der Waals surface area contributed by atoms with Crippen LogP contribution in [0.25, 0.3) is 10.2 Å². The standard InChI is InChI=1S/C21H23F2N5O3S/c1-12-10-27(19-16(23)7-13(9-24-19)6-15(30)11-29)4-5-28(12)21(31)26-20-25-17-8-14(22)2-3-18(17)32-20/h2-3,7-9,12,15,29-30H,4-6,10-11H2,1H3,(H,25,26,31). The molecule has 4 rings (SSSR count). The lowest BCUT2D eigenvalue weighted by atomic mass is 10.1. The first-order valence-corrected chi connectivity index (χ1v) is 11.0. The predicted octanol–water partition coefficient (Wildman–Crippen LogP) is 2.61. The molecule has 2 amide bonds. The Bertz CT molecular complexity index is 1130. The minimum absolute atomic E-state index is 0.115. The summed E-state index contributed by atoms with van der Waals surface area (Å²) in [7, 11) is 0. The lowest BCUT2D eigenvalue weighted by Crippen LogP contribution is -2.55. The Morgan fingerprint density at radius 3 is 2.88 bits per heavy atom. The lowest BCUT2D eigenvalue weighted by molar-refractivity contribution is 0.0954. The summed E-state index contributed by atoms with van der Waals surface area (Å²) >= 11 is 1.27. The fourth-order valence-corrected chi connectivity index (χ4v) is 4.56. The number of carbonyl (C=O) groups is 1. The molecule has 2 atom stereocenters. The number of thiazole rings is 1. The number of nitrogens with one attached hydrogen (secondary N) is 1. The van der Waals surface area contributed by atoms with E-state index in [9.17, 15) is 18.7 Å². The van der Waals surface area contributed by atoms with Crippen molar-refractivity contribution in [2.45, 2.75) is 25.5 Å². The number of pyridine rings is 1. The zero-order chi connectivity index (χ0) is 22.8. The Labute approximate surface area is 187 Å². The number of halogens is 2. The number of urea groups is 1. The van der Waals surface area contributed by atoms with Gasteiger partial charge in [-0.2, -0.15) is 0 Å². The van der Waals surface area contributed by atoms with Crippen molar-refractivity contribution >= 4 is 38.5 Å². The number of rotatable bonds is 5. The number of aliphatic hydroxyl groups is 2. The SMILES string of the molecule is CC1CN(c2ncc(CC(O)CO)cc2F)CCN1C(=O)Nc1nc2cc(F)ccc2s1. The minimum atomic E-state index is -0.960. The third-order valence-corrected chi connectivity index (χ3v) is 6.26. The van der Waals surface area contributed by atoms with E-state index in [4.69, 9.17) is 5.11 Å². The van der Waals surface area contributed by atoms with Gasteiger partial charge in [0.15, 0.2) is 16.8 Å². The van der Waals surface area contributed by atoms with Gasteiger partial charge in [0.05, 0.1) is 22.9 Å². The molecule has 2 aromatic heterocycles. The molecular formula is C21H23F2N5O3S. The van der Waals surface area contributed by atoms with Gasteiger partial charge in [0.25, 0.3) is 0 Å². The highest BCUT2D eigenvalue weighted by Gasteiger charge is 2.30. The Balaban J connectivity index is 1.39. The van der Waals surface area contributed by atoms with Gasteiger partial charge < -0.3 is 20.0 Å². The number of aromatic nitrogens is 2. The fourth-order valence-electron chi connectivity index (χ4n) is 3.72. The highest BCUT2D eigenvalue weighted by Crippen LogP contribution is 2.27. The molecule has 170 valence electrons. The molecule has 1 aliphatic heterocycles. The van der Waals surface area contributed by atoms with E-state index in [1.54, 1.807) is 15.9 Å². The summed E-state index contributed by atoms with van der Waals surface area (Å²) in [5.41, 5.74) is 0.981. The van der Waals surface area contributed by atoms with Gasteiger partial charge in [-0.1, -0.05) is 11.3 Å². The van der Waals surface area contributed by atoms with Crippen molar-refractivity contribution in [2.24, 2.45) is 0 Å². The number of hydrogen-bond donors (Lipinski definition) is 3. The second kappa shape index (κ2) is 9.31. The molecule has 1 fully saturated rings. The number of carbonyl (C=O) groups excluding carboxylic acids is 1. The van der Waals surface area contributed by atoms with Crippen molar-refractivity contribution in [3.8, 4) is 0 Å². The fraction of sp³-hybridized carbons (Fsp3) is 0.381. The molecule has 0 spiro atoms. The molecule has 0 bridgehead atoms.